The fourth-order valence-corrected chi connectivity index (χ4v) is 3.81. The van der Waals surface area contributed by atoms with Crippen LogP contribution in [0.1, 0.15) is 51.4 Å². The van der Waals surface area contributed by atoms with Crippen LogP contribution in [0.5, 0.6) is 0 Å². The average Bonchev–Trinajstić information content (AvgIpc) is 2.43. The van der Waals surface area contributed by atoms with E-state index < -0.39 is 0 Å². The minimum absolute atomic E-state index is 0.142. The van der Waals surface area contributed by atoms with E-state index in [-0.39, 0.29) is 18.6 Å². The predicted octanol–water partition coefficient (Wildman–Crippen LogP) is 2.89. The van der Waals surface area contributed by atoms with Crippen LogP contribution in [0.15, 0.2) is 12.2 Å². The molecule has 0 amide bonds. The summed E-state index contributed by atoms with van der Waals surface area (Å²) < 4.78 is 0. The first kappa shape index (κ1) is 13.1. The van der Waals surface area contributed by atoms with Crippen LogP contribution in [-0.4, -0.2) is 23.4 Å². The quantitative estimate of drug-likeness (QED) is 0.739. The number of hydrogen-bond donors (Lipinski definition) is 2. The highest BCUT2D eigenvalue weighted by molar-refractivity contribution is 5.04. The van der Waals surface area contributed by atoms with Crippen LogP contribution in [0, 0.1) is 17.3 Å². The summed E-state index contributed by atoms with van der Waals surface area (Å²) in [6.07, 6.45) is 14.2. The predicted molar refractivity (Wildman–Crippen MR) is 69.7 cm³/mol. The Kier molecular flexibility index (Phi) is 4.63. The van der Waals surface area contributed by atoms with Crippen molar-refractivity contribution in [1.29, 1.82) is 0 Å². The molecule has 2 heteroatoms. The van der Waals surface area contributed by atoms with E-state index >= 15 is 0 Å². The lowest BCUT2D eigenvalue weighted by atomic mass is 9.61. The van der Waals surface area contributed by atoms with Gasteiger partial charge in [-0.05, 0) is 43.9 Å². The second kappa shape index (κ2) is 6.01. The summed E-state index contributed by atoms with van der Waals surface area (Å²) in [5, 5.41) is 19.8. The van der Waals surface area contributed by atoms with Gasteiger partial charge >= 0.3 is 0 Å². The van der Waals surface area contributed by atoms with Gasteiger partial charge in [-0.3, -0.25) is 0 Å². The monoisotopic (exact) mass is 238 g/mol. The van der Waals surface area contributed by atoms with Gasteiger partial charge in [-0.15, -0.1) is 0 Å². The van der Waals surface area contributed by atoms with Gasteiger partial charge in [-0.1, -0.05) is 31.4 Å². The van der Waals surface area contributed by atoms with Crippen molar-refractivity contribution >= 4 is 0 Å². The van der Waals surface area contributed by atoms with Gasteiger partial charge in [0.1, 0.15) is 0 Å². The number of aliphatic hydroxyl groups is 2. The second-order valence-electron chi connectivity index (χ2n) is 5.85. The smallest absolute Gasteiger partial charge is 0.0517 e. The van der Waals surface area contributed by atoms with Crippen LogP contribution in [0.4, 0.5) is 0 Å². The molecule has 2 aliphatic rings. The molecular formula is C15H26O2. The molecule has 2 rings (SSSR count). The molecule has 0 aromatic rings. The molecule has 0 saturated heterocycles. The zero-order chi connectivity index (χ0) is 12.1. The molecule has 0 spiro atoms. The Labute approximate surface area is 105 Å². The van der Waals surface area contributed by atoms with Crippen molar-refractivity contribution < 1.29 is 10.2 Å². The summed E-state index contributed by atoms with van der Waals surface area (Å²) in [6.45, 7) is 0.284. The van der Waals surface area contributed by atoms with E-state index in [1.54, 1.807) is 0 Å². The molecule has 98 valence electrons. The summed E-state index contributed by atoms with van der Waals surface area (Å²) in [6, 6.07) is 0. The highest BCUT2D eigenvalue weighted by Crippen LogP contribution is 2.46. The fraction of sp³-hybridized carbons (Fsp3) is 0.867. The highest BCUT2D eigenvalue weighted by atomic mass is 16.3. The van der Waals surface area contributed by atoms with Crippen LogP contribution in [0.2, 0.25) is 0 Å². The van der Waals surface area contributed by atoms with Gasteiger partial charge in [-0.25, -0.2) is 0 Å². The lowest BCUT2D eigenvalue weighted by molar-refractivity contribution is -0.0461. The Morgan fingerprint density at radius 3 is 2.18 bits per heavy atom. The number of aliphatic hydroxyl groups excluding tert-OH is 2. The molecule has 1 fully saturated rings. The lowest BCUT2D eigenvalue weighted by Crippen LogP contribution is -2.45. The molecule has 1 atom stereocenters. The topological polar surface area (TPSA) is 40.5 Å². The van der Waals surface area contributed by atoms with Crippen molar-refractivity contribution in [3.8, 4) is 0 Å². The molecular weight excluding hydrogens is 212 g/mol. The van der Waals surface area contributed by atoms with Gasteiger partial charge in [0.15, 0.2) is 0 Å². The van der Waals surface area contributed by atoms with Crippen molar-refractivity contribution in [2.45, 2.75) is 51.4 Å². The van der Waals surface area contributed by atoms with E-state index in [1.807, 2.05) is 0 Å². The number of hydrogen-bond acceptors (Lipinski definition) is 2. The van der Waals surface area contributed by atoms with E-state index in [0.29, 0.717) is 11.8 Å². The van der Waals surface area contributed by atoms with Crippen LogP contribution in [0.3, 0.4) is 0 Å². The second-order valence-corrected chi connectivity index (χ2v) is 5.85. The van der Waals surface area contributed by atoms with E-state index in [2.05, 4.69) is 12.2 Å². The van der Waals surface area contributed by atoms with Crippen molar-refractivity contribution in [1.82, 2.24) is 0 Å². The Bertz CT molecular complexity index is 250. The third-order valence-electron chi connectivity index (χ3n) is 5.00. The lowest BCUT2D eigenvalue weighted by Gasteiger charge is -2.45. The molecule has 17 heavy (non-hydrogen) atoms. The van der Waals surface area contributed by atoms with Gasteiger partial charge in [0, 0.05) is 5.41 Å². The molecule has 0 aromatic heterocycles. The van der Waals surface area contributed by atoms with E-state index in [0.717, 1.165) is 12.8 Å². The molecule has 2 N–H and O–H groups in total. The maximum Gasteiger partial charge on any atom is 0.0517 e. The van der Waals surface area contributed by atoms with Crippen molar-refractivity contribution in [2.75, 3.05) is 13.2 Å². The van der Waals surface area contributed by atoms with Gasteiger partial charge in [-0.2, -0.15) is 0 Å². The maximum absolute atomic E-state index is 9.89. The fourth-order valence-electron chi connectivity index (χ4n) is 3.81. The van der Waals surface area contributed by atoms with Gasteiger partial charge in [0.2, 0.25) is 0 Å². The zero-order valence-corrected chi connectivity index (χ0v) is 10.8. The summed E-state index contributed by atoms with van der Waals surface area (Å²) in [7, 11) is 0. The molecule has 0 bridgehead atoms. The zero-order valence-electron chi connectivity index (χ0n) is 10.8. The number of rotatable bonds is 4. The molecule has 2 aliphatic carbocycles. The van der Waals surface area contributed by atoms with Crippen molar-refractivity contribution in [3.63, 3.8) is 0 Å². The van der Waals surface area contributed by atoms with Gasteiger partial charge in [0.25, 0.3) is 0 Å². The molecule has 1 saturated carbocycles. The average molecular weight is 238 g/mol. The van der Waals surface area contributed by atoms with Crippen LogP contribution < -0.4 is 0 Å². The SMILES string of the molecule is OCC(CO)(C1C=CCCC1)C1CCCCC1. The summed E-state index contributed by atoms with van der Waals surface area (Å²) in [4.78, 5) is 0. The van der Waals surface area contributed by atoms with Gasteiger partial charge < -0.3 is 10.2 Å². The first-order valence-corrected chi connectivity index (χ1v) is 7.22. The standard InChI is InChI=1S/C15H26O2/c16-11-15(12-17,13-7-3-1-4-8-13)14-9-5-2-6-10-14/h3,7,13-14,16-17H,1-2,4-6,8-12H2. The van der Waals surface area contributed by atoms with E-state index in [1.165, 1.54) is 38.5 Å². The normalized spacial score (nSPS) is 27.3. The van der Waals surface area contributed by atoms with Crippen LogP contribution in [-0.2, 0) is 0 Å². The largest absolute Gasteiger partial charge is 0.396 e. The molecule has 2 nitrogen and oxygen atoms in total. The molecule has 0 aromatic carbocycles. The minimum Gasteiger partial charge on any atom is -0.396 e. The minimum atomic E-state index is -0.253. The summed E-state index contributed by atoms with van der Waals surface area (Å²) in [5.74, 6) is 0.897. The Morgan fingerprint density at radius 1 is 0.941 bits per heavy atom. The first-order valence-electron chi connectivity index (χ1n) is 7.22. The third-order valence-corrected chi connectivity index (χ3v) is 5.00. The maximum atomic E-state index is 9.89. The van der Waals surface area contributed by atoms with Crippen LogP contribution in [0.25, 0.3) is 0 Å². The van der Waals surface area contributed by atoms with Crippen LogP contribution >= 0.6 is 0 Å². The first-order chi connectivity index (χ1) is 8.33. The Balaban J connectivity index is 2.16. The van der Waals surface area contributed by atoms with E-state index in [9.17, 15) is 10.2 Å². The number of allylic oxidation sites excluding steroid dienone is 2. The summed E-state index contributed by atoms with van der Waals surface area (Å²) >= 11 is 0. The Morgan fingerprint density at radius 2 is 1.65 bits per heavy atom. The van der Waals surface area contributed by atoms with E-state index in [4.69, 9.17) is 0 Å². The molecule has 0 heterocycles. The highest BCUT2D eigenvalue weighted by Gasteiger charge is 2.43. The van der Waals surface area contributed by atoms with Gasteiger partial charge in [0.05, 0.1) is 13.2 Å². The summed E-state index contributed by atoms with van der Waals surface area (Å²) in [5.41, 5.74) is -0.253. The third kappa shape index (κ3) is 2.58. The van der Waals surface area contributed by atoms with Crippen molar-refractivity contribution in [3.05, 3.63) is 12.2 Å². The molecule has 0 radical (unpaired) electrons. The molecule has 1 unspecified atom stereocenters. The molecule has 0 aliphatic heterocycles. The Hall–Kier alpha value is -0.340. The van der Waals surface area contributed by atoms with Crippen molar-refractivity contribution in [2.24, 2.45) is 17.3 Å².